The number of benzene rings is 1. The fraction of sp³-hybridized carbons (Fsp3) is 0.500. The Morgan fingerprint density at radius 1 is 1.53 bits per heavy atom. The van der Waals surface area contributed by atoms with Crippen molar-refractivity contribution in [2.24, 2.45) is 0 Å². The summed E-state index contributed by atoms with van der Waals surface area (Å²) in [5.74, 6) is -0.0656. The summed E-state index contributed by atoms with van der Waals surface area (Å²) < 4.78 is 6.78. The van der Waals surface area contributed by atoms with Gasteiger partial charge in [-0.25, -0.2) is 0 Å². The predicted molar refractivity (Wildman–Crippen MR) is 77.1 cm³/mol. The van der Waals surface area contributed by atoms with E-state index in [2.05, 4.69) is 27.4 Å². The summed E-state index contributed by atoms with van der Waals surface area (Å²) in [7, 11) is 0. The van der Waals surface area contributed by atoms with Crippen molar-refractivity contribution in [2.45, 2.75) is 39.0 Å². The summed E-state index contributed by atoms with van der Waals surface area (Å²) in [5, 5.41) is 1.89. The molecule has 104 valence electrons. The van der Waals surface area contributed by atoms with Gasteiger partial charge in [-0.05, 0) is 37.0 Å². The summed E-state index contributed by atoms with van der Waals surface area (Å²) in [6, 6.07) is 8.08. The van der Waals surface area contributed by atoms with E-state index in [9.17, 15) is 4.79 Å². The van der Waals surface area contributed by atoms with E-state index in [0.717, 1.165) is 35.9 Å². The summed E-state index contributed by atoms with van der Waals surface area (Å²) in [6.45, 7) is 2.93. The van der Waals surface area contributed by atoms with Gasteiger partial charge in [0.25, 0.3) is 0 Å². The van der Waals surface area contributed by atoms with Gasteiger partial charge in [0.1, 0.15) is 6.23 Å². The van der Waals surface area contributed by atoms with Crippen LogP contribution in [0.25, 0.3) is 0 Å². The molecule has 19 heavy (non-hydrogen) atoms. The van der Waals surface area contributed by atoms with Crippen molar-refractivity contribution in [3.63, 3.8) is 0 Å². The molecule has 0 spiro atoms. The Morgan fingerprint density at radius 3 is 3.00 bits per heavy atom. The highest BCUT2D eigenvalue weighted by Crippen LogP contribution is 2.19. The normalized spacial score (nSPS) is 19.4. The zero-order chi connectivity index (χ0) is 13.7. The minimum atomic E-state index is -0.0656. The van der Waals surface area contributed by atoms with Crippen LogP contribution in [0.5, 0.6) is 0 Å². The van der Waals surface area contributed by atoms with Crippen molar-refractivity contribution in [1.82, 2.24) is 10.4 Å². The van der Waals surface area contributed by atoms with E-state index in [-0.39, 0.29) is 12.1 Å². The van der Waals surface area contributed by atoms with Crippen LogP contribution in [0.4, 0.5) is 0 Å². The lowest BCUT2D eigenvalue weighted by Gasteiger charge is -2.33. The number of hydrazine groups is 1. The number of hydrogen-bond acceptors (Lipinski definition) is 3. The first kappa shape index (κ1) is 14.5. The van der Waals surface area contributed by atoms with Gasteiger partial charge >= 0.3 is 0 Å². The van der Waals surface area contributed by atoms with Crippen LogP contribution in [0.1, 0.15) is 31.7 Å². The highest BCUT2D eigenvalue weighted by molar-refractivity contribution is 9.10. The number of hydrogen-bond donors (Lipinski definition) is 1. The third-order valence-electron chi connectivity index (χ3n) is 3.05. The molecule has 5 heteroatoms. The van der Waals surface area contributed by atoms with E-state index in [4.69, 9.17) is 4.74 Å². The maximum absolute atomic E-state index is 11.3. The molecule has 0 aliphatic carbocycles. The third kappa shape index (κ3) is 4.60. The van der Waals surface area contributed by atoms with Crippen LogP contribution in [-0.2, 0) is 16.1 Å². The van der Waals surface area contributed by atoms with Gasteiger partial charge in [-0.3, -0.25) is 10.2 Å². The molecule has 0 aromatic heterocycles. The topological polar surface area (TPSA) is 41.6 Å². The molecule has 0 bridgehead atoms. The molecule has 1 unspecified atom stereocenters. The highest BCUT2D eigenvalue weighted by atomic mass is 79.9. The van der Waals surface area contributed by atoms with Crippen LogP contribution in [0.15, 0.2) is 28.7 Å². The number of halogens is 1. The zero-order valence-corrected chi connectivity index (χ0v) is 12.6. The van der Waals surface area contributed by atoms with E-state index in [1.807, 2.05) is 23.2 Å². The van der Waals surface area contributed by atoms with Gasteiger partial charge in [-0.15, -0.1) is 0 Å². The van der Waals surface area contributed by atoms with Gasteiger partial charge in [-0.2, -0.15) is 5.01 Å². The maximum atomic E-state index is 11.3. The molecule has 1 amide bonds. The molecular weight excluding hydrogens is 308 g/mol. The second-order valence-corrected chi connectivity index (χ2v) is 5.66. The molecule has 1 aromatic rings. The van der Waals surface area contributed by atoms with E-state index in [1.165, 1.54) is 6.92 Å². The molecule has 1 atom stereocenters. The van der Waals surface area contributed by atoms with Crippen LogP contribution in [0.3, 0.4) is 0 Å². The third-order valence-corrected chi connectivity index (χ3v) is 3.54. The van der Waals surface area contributed by atoms with Crippen molar-refractivity contribution < 1.29 is 9.53 Å². The minimum absolute atomic E-state index is 0.0309. The molecule has 4 nitrogen and oxygen atoms in total. The maximum Gasteiger partial charge on any atom is 0.231 e. The SMILES string of the molecule is CC(=O)NN(Cc1cccc(Br)c1)C1CCCCO1. The van der Waals surface area contributed by atoms with E-state index < -0.39 is 0 Å². The van der Waals surface area contributed by atoms with Crippen molar-refractivity contribution in [2.75, 3.05) is 6.61 Å². The highest BCUT2D eigenvalue weighted by Gasteiger charge is 2.22. The second-order valence-electron chi connectivity index (χ2n) is 4.75. The minimum Gasteiger partial charge on any atom is -0.361 e. The van der Waals surface area contributed by atoms with Crippen LogP contribution in [0.2, 0.25) is 0 Å². The van der Waals surface area contributed by atoms with Gasteiger partial charge in [0.2, 0.25) is 5.91 Å². The van der Waals surface area contributed by atoms with Crippen LogP contribution < -0.4 is 5.43 Å². The number of ether oxygens (including phenoxy) is 1. The molecule has 0 saturated carbocycles. The molecule has 2 rings (SSSR count). The Kier molecular flexibility index (Phi) is 5.36. The fourth-order valence-corrected chi connectivity index (χ4v) is 2.66. The molecule has 1 heterocycles. The molecule has 1 aliphatic rings. The standard InChI is InChI=1S/C14H19BrN2O2/c1-11(18)16-17(14-7-2-3-8-19-14)10-12-5-4-6-13(15)9-12/h4-6,9,14H,2-3,7-8,10H2,1H3,(H,16,18). The summed E-state index contributed by atoms with van der Waals surface area (Å²) in [6.07, 6.45) is 3.16. The monoisotopic (exact) mass is 326 g/mol. The number of carbonyl (C=O) groups excluding carboxylic acids is 1. The fourth-order valence-electron chi connectivity index (χ4n) is 2.22. The lowest BCUT2D eigenvalue weighted by molar-refractivity contribution is -0.142. The first-order valence-corrected chi connectivity index (χ1v) is 7.34. The smallest absolute Gasteiger partial charge is 0.231 e. The lowest BCUT2D eigenvalue weighted by atomic mass is 10.1. The number of amides is 1. The Balaban J connectivity index is 2.06. The van der Waals surface area contributed by atoms with Gasteiger partial charge < -0.3 is 4.74 Å². The van der Waals surface area contributed by atoms with E-state index >= 15 is 0 Å². The van der Waals surface area contributed by atoms with Gasteiger partial charge in [-0.1, -0.05) is 28.1 Å². The molecule has 0 radical (unpaired) electrons. The first-order chi connectivity index (χ1) is 9.15. The molecule has 1 fully saturated rings. The number of carbonyl (C=O) groups is 1. The number of nitrogens with zero attached hydrogens (tertiary/aromatic N) is 1. The van der Waals surface area contributed by atoms with Crippen molar-refractivity contribution in [3.8, 4) is 0 Å². The lowest BCUT2D eigenvalue weighted by Crippen LogP contribution is -2.49. The van der Waals surface area contributed by atoms with Gasteiger partial charge in [0.05, 0.1) is 0 Å². The molecule has 1 aromatic carbocycles. The van der Waals surface area contributed by atoms with Gasteiger partial charge in [0.15, 0.2) is 0 Å². The molecule has 1 aliphatic heterocycles. The Hall–Kier alpha value is -0.910. The molecule has 1 saturated heterocycles. The van der Waals surface area contributed by atoms with E-state index in [1.54, 1.807) is 0 Å². The molecular formula is C14H19BrN2O2. The Bertz CT molecular complexity index is 433. The zero-order valence-electron chi connectivity index (χ0n) is 11.1. The molecule has 1 N–H and O–H groups in total. The largest absolute Gasteiger partial charge is 0.361 e. The second kappa shape index (κ2) is 7.03. The summed E-state index contributed by atoms with van der Waals surface area (Å²) in [4.78, 5) is 11.3. The quantitative estimate of drug-likeness (QED) is 0.865. The predicted octanol–water partition coefficient (Wildman–Crippen LogP) is 2.83. The van der Waals surface area contributed by atoms with Crippen LogP contribution >= 0.6 is 15.9 Å². The van der Waals surface area contributed by atoms with Crippen molar-refractivity contribution in [1.29, 1.82) is 0 Å². The summed E-state index contributed by atoms with van der Waals surface area (Å²) in [5.41, 5.74) is 4.01. The Morgan fingerprint density at radius 2 is 2.37 bits per heavy atom. The van der Waals surface area contributed by atoms with E-state index in [0.29, 0.717) is 6.54 Å². The number of rotatable bonds is 4. The van der Waals surface area contributed by atoms with Crippen LogP contribution in [-0.4, -0.2) is 23.8 Å². The van der Waals surface area contributed by atoms with Crippen molar-refractivity contribution in [3.05, 3.63) is 34.3 Å². The van der Waals surface area contributed by atoms with Gasteiger partial charge in [0, 0.05) is 24.5 Å². The average molecular weight is 327 g/mol. The van der Waals surface area contributed by atoms with Crippen LogP contribution in [0, 0.1) is 0 Å². The Labute approximate surface area is 122 Å². The summed E-state index contributed by atoms with van der Waals surface area (Å²) >= 11 is 3.46. The first-order valence-electron chi connectivity index (χ1n) is 6.55. The van der Waals surface area contributed by atoms with Crippen molar-refractivity contribution >= 4 is 21.8 Å². The average Bonchev–Trinajstić information content (AvgIpc) is 2.38. The number of nitrogens with one attached hydrogen (secondary N) is 1.